The summed E-state index contributed by atoms with van der Waals surface area (Å²) < 4.78 is 10.2. The van der Waals surface area contributed by atoms with Crippen LogP contribution in [0, 0.1) is 18.3 Å². The number of nitriles is 1. The summed E-state index contributed by atoms with van der Waals surface area (Å²) in [5, 5.41) is 15.4. The minimum atomic E-state index is -0.601. The summed E-state index contributed by atoms with van der Waals surface area (Å²) in [7, 11) is 0. The van der Waals surface area contributed by atoms with Crippen molar-refractivity contribution in [3.05, 3.63) is 83.1 Å². The van der Waals surface area contributed by atoms with Crippen molar-refractivity contribution in [2.24, 2.45) is 0 Å². The molecule has 1 N–H and O–H groups in total. The Hall–Kier alpha value is -4.18. The number of hydrogen-bond acceptors (Lipinski definition) is 6. The molecule has 0 aliphatic heterocycles. The van der Waals surface area contributed by atoms with Gasteiger partial charge in [-0.25, -0.2) is 4.79 Å². The van der Waals surface area contributed by atoms with E-state index >= 15 is 0 Å². The maximum absolute atomic E-state index is 12.2. The molecule has 1 heterocycles. The number of amides is 1. The molecule has 3 aromatic rings. The lowest BCUT2D eigenvalue weighted by atomic mass is 10.1. The van der Waals surface area contributed by atoms with Crippen LogP contribution in [-0.2, 0) is 4.79 Å². The fourth-order valence-electron chi connectivity index (χ4n) is 2.30. The fourth-order valence-corrected chi connectivity index (χ4v) is 2.30. The Morgan fingerprint density at radius 3 is 2.46 bits per heavy atom. The van der Waals surface area contributed by atoms with E-state index in [1.165, 1.54) is 6.08 Å². The molecule has 138 valence electrons. The molecule has 0 unspecified atom stereocenters. The number of esters is 1. The third-order valence-electron chi connectivity index (χ3n) is 3.65. The first-order valence-corrected chi connectivity index (χ1v) is 8.29. The predicted molar refractivity (Wildman–Crippen MR) is 101 cm³/mol. The molecule has 0 aliphatic rings. The SMILES string of the molecule is Cc1cc(NC(=O)/C(C#N)=C\c2ccc(OC(=O)c3ccccc3)cc2)no1. The number of aryl methyl sites for hydroxylation is 1. The largest absolute Gasteiger partial charge is 0.423 e. The Kier molecular flexibility index (Phi) is 5.63. The predicted octanol–water partition coefficient (Wildman–Crippen LogP) is 3.75. The number of carbonyl (C=O) groups is 2. The topological polar surface area (TPSA) is 105 Å². The summed E-state index contributed by atoms with van der Waals surface area (Å²) in [6.45, 7) is 1.69. The molecule has 0 aliphatic carbocycles. The average Bonchev–Trinajstić information content (AvgIpc) is 3.12. The molecule has 2 aromatic carbocycles. The molecule has 0 saturated heterocycles. The Labute approximate surface area is 160 Å². The first-order chi connectivity index (χ1) is 13.5. The molecule has 0 atom stereocenters. The van der Waals surface area contributed by atoms with Gasteiger partial charge in [0, 0.05) is 6.07 Å². The van der Waals surface area contributed by atoms with E-state index in [4.69, 9.17) is 9.26 Å². The number of ether oxygens (including phenoxy) is 1. The van der Waals surface area contributed by atoms with Gasteiger partial charge in [0.1, 0.15) is 23.2 Å². The smallest absolute Gasteiger partial charge is 0.343 e. The summed E-state index contributed by atoms with van der Waals surface area (Å²) in [6, 6.07) is 18.5. The molecular weight excluding hydrogens is 358 g/mol. The second-order valence-electron chi connectivity index (χ2n) is 5.77. The minimum absolute atomic E-state index is 0.102. The van der Waals surface area contributed by atoms with Crippen LogP contribution in [0.15, 0.2) is 70.8 Å². The highest BCUT2D eigenvalue weighted by molar-refractivity contribution is 6.09. The lowest BCUT2D eigenvalue weighted by Gasteiger charge is -2.05. The van der Waals surface area contributed by atoms with Crippen molar-refractivity contribution in [3.8, 4) is 11.8 Å². The molecule has 3 rings (SSSR count). The standard InChI is InChI=1S/C21H15N3O4/c1-14-11-19(24-28-14)23-20(25)17(13-22)12-15-7-9-18(10-8-15)27-21(26)16-5-3-2-4-6-16/h2-12H,1H3,(H,23,24,25)/b17-12-. The Balaban J connectivity index is 1.68. The van der Waals surface area contributed by atoms with Crippen LogP contribution in [0.3, 0.4) is 0 Å². The minimum Gasteiger partial charge on any atom is -0.423 e. The Bertz CT molecular complexity index is 1060. The fraction of sp³-hybridized carbons (Fsp3) is 0.0476. The van der Waals surface area contributed by atoms with Crippen LogP contribution in [-0.4, -0.2) is 17.0 Å². The number of nitrogens with zero attached hydrogens (tertiary/aromatic N) is 2. The van der Waals surface area contributed by atoms with Crippen LogP contribution in [0.5, 0.6) is 5.75 Å². The van der Waals surface area contributed by atoms with Crippen molar-refractivity contribution < 1.29 is 18.8 Å². The molecule has 0 radical (unpaired) electrons. The summed E-state index contributed by atoms with van der Waals surface area (Å²) in [5.41, 5.74) is 0.940. The lowest BCUT2D eigenvalue weighted by Crippen LogP contribution is -2.13. The normalized spacial score (nSPS) is 10.8. The number of benzene rings is 2. The van der Waals surface area contributed by atoms with Crippen molar-refractivity contribution in [2.45, 2.75) is 6.92 Å². The van der Waals surface area contributed by atoms with E-state index in [1.54, 1.807) is 61.5 Å². The number of hydrogen-bond donors (Lipinski definition) is 1. The van der Waals surface area contributed by atoms with Gasteiger partial charge in [-0.2, -0.15) is 5.26 Å². The monoisotopic (exact) mass is 373 g/mol. The van der Waals surface area contributed by atoms with E-state index in [9.17, 15) is 14.9 Å². The number of aromatic nitrogens is 1. The average molecular weight is 373 g/mol. The van der Waals surface area contributed by atoms with E-state index in [2.05, 4.69) is 10.5 Å². The van der Waals surface area contributed by atoms with Gasteiger partial charge in [0.15, 0.2) is 5.82 Å². The molecule has 7 heteroatoms. The molecule has 1 amide bonds. The van der Waals surface area contributed by atoms with E-state index < -0.39 is 11.9 Å². The molecule has 0 spiro atoms. The first-order valence-electron chi connectivity index (χ1n) is 8.29. The van der Waals surface area contributed by atoms with Gasteiger partial charge < -0.3 is 14.6 Å². The summed E-state index contributed by atoms with van der Waals surface area (Å²) >= 11 is 0. The quantitative estimate of drug-likeness (QED) is 0.316. The van der Waals surface area contributed by atoms with Crippen molar-refractivity contribution >= 4 is 23.8 Å². The summed E-state index contributed by atoms with van der Waals surface area (Å²) in [4.78, 5) is 24.2. The van der Waals surface area contributed by atoms with Crippen LogP contribution in [0.2, 0.25) is 0 Å². The van der Waals surface area contributed by atoms with E-state index in [0.29, 0.717) is 22.6 Å². The molecule has 0 saturated carbocycles. The zero-order valence-corrected chi connectivity index (χ0v) is 14.9. The number of rotatable bonds is 5. The Morgan fingerprint density at radius 1 is 1.14 bits per heavy atom. The van der Waals surface area contributed by atoms with E-state index in [0.717, 1.165) is 0 Å². The van der Waals surface area contributed by atoms with E-state index in [-0.39, 0.29) is 11.4 Å². The van der Waals surface area contributed by atoms with Crippen molar-refractivity contribution in [2.75, 3.05) is 5.32 Å². The third kappa shape index (κ3) is 4.71. The molecule has 0 bridgehead atoms. The molecule has 7 nitrogen and oxygen atoms in total. The second kappa shape index (κ2) is 8.47. The highest BCUT2D eigenvalue weighted by atomic mass is 16.5. The maximum atomic E-state index is 12.2. The molecule has 28 heavy (non-hydrogen) atoms. The van der Waals surface area contributed by atoms with Gasteiger partial charge in [-0.05, 0) is 42.8 Å². The molecule has 1 aromatic heterocycles. The van der Waals surface area contributed by atoms with Crippen molar-refractivity contribution in [1.29, 1.82) is 5.26 Å². The van der Waals surface area contributed by atoms with Crippen LogP contribution >= 0.6 is 0 Å². The van der Waals surface area contributed by atoms with Crippen LogP contribution < -0.4 is 10.1 Å². The van der Waals surface area contributed by atoms with Crippen molar-refractivity contribution in [1.82, 2.24) is 5.16 Å². The van der Waals surface area contributed by atoms with Crippen molar-refractivity contribution in [3.63, 3.8) is 0 Å². The highest BCUT2D eigenvalue weighted by Crippen LogP contribution is 2.17. The summed E-state index contributed by atoms with van der Waals surface area (Å²) in [6.07, 6.45) is 1.42. The maximum Gasteiger partial charge on any atom is 0.343 e. The molecular formula is C21H15N3O4. The van der Waals surface area contributed by atoms with Gasteiger partial charge in [-0.15, -0.1) is 0 Å². The van der Waals surface area contributed by atoms with Gasteiger partial charge in [-0.3, -0.25) is 4.79 Å². The van der Waals surface area contributed by atoms with Gasteiger partial charge in [-0.1, -0.05) is 35.5 Å². The zero-order valence-electron chi connectivity index (χ0n) is 14.9. The van der Waals surface area contributed by atoms with Gasteiger partial charge in [0.25, 0.3) is 5.91 Å². The van der Waals surface area contributed by atoms with Crippen LogP contribution in [0.1, 0.15) is 21.7 Å². The second-order valence-corrected chi connectivity index (χ2v) is 5.77. The first kappa shape index (κ1) is 18.6. The summed E-state index contributed by atoms with van der Waals surface area (Å²) in [5.74, 6) is 0.0524. The van der Waals surface area contributed by atoms with E-state index in [1.807, 2.05) is 12.1 Å². The van der Waals surface area contributed by atoms with Crippen LogP contribution in [0.25, 0.3) is 6.08 Å². The van der Waals surface area contributed by atoms with Gasteiger partial charge in [0.2, 0.25) is 0 Å². The number of nitrogens with one attached hydrogen (secondary N) is 1. The Morgan fingerprint density at radius 2 is 1.86 bits per heavy atom. The highest BCUT2D eigenvalue weighted by Gasteiger charge is 2.12. The van der Waals surface area contributed by atoms with Gasteiger partial charge >= 0.3 is 5.97 Å². The van der Waals surface area contributed by atoms with Crippen LogP contribution in [0.4, 0.5) is 5.82 Å². The number of anilines is 1. The zero-order chi connectivity index (χ0) is 19.9. The molecule has 0 fully saturated rings. The van der Waals surface area contributed by atoms with Gasteiger partial charge in [0.05, 0.1) is 5.56 Å². The third-order valence-corrected chi connectivity index (χ3v) is 3.65. The lowest BCUT2D eigenvalue weighted by molar-refractivity contribution is -0.112. The number of carbonyl (C=O) groups excluding carboxylic acids is 2.